The lowest BCUT2D eigenvalue weighted by Gasteiger charge is -2.45. The van der Waals surface area contributed by atoms with Gasteiger partial charge in [0.1, 0.15) is 5.82 Å². The Bertz CT molecular complexity index is 1170. The summed E-state index contributed by atoms with van der Waals surface area (Å²) in [5.41, 5.74) is 4.37. The number of benzene rings is 1. The molecule has 1 aliphatic rings. The van der Waals surface area contributed by atoms with Crippen LogP contribution in [0.2, 0.25) is 18.1 Å². The maximum Gasteiger partial charge on any atom is 0.419 e. The van der Waals surface area contributed by atoms with E-state index in [4.69, 9.17) is 9.41 Å². The van der Waals surface area contributed by atoms with E-state index in [-0.39, 0.29) is 26.4 Å². The fourth-order valence-electron chi connectivity index (χ4n) is 4.99. The molecule has 3 rings (SSSR count). The van der Waals surface area contributed by atoms with Crippen LogP contribution in [0.1, 0.15) is 110 Å². The highest BCUT2D eigenvalue weighted by Crippen LogP contribution is 2.50. The number of alkyl halides is 4. The van der Waals surface area contributed by atoms with Crippen LogP contribution >= 0.6 is 22.6 Å². The fourth-order valence-corrected chi connectivity index (χ4v) is 7.43. The highest BCUT2D eigenvalue weighted by molar-refractivity contribution is 14.1. The fraction of sp³-hybridized carbons (Fsp3) is 0.621. The lowest BCUT2D eigenvalue weighted by atomic mass is 9.72. The molecular formula is C29H40F4INOSi. The van der Waals surface area contributed by atoms with E-state index in [1.165, 1.54) is 6.07 Å². The van der Waals surface area contributed by atoms with Crippen LogP contribution in [0.4, 0.5) is 17.6 Å². The summed E-state index contributed by atoms with van der Waals surface area (Å²) < 4.78 is 60.8. The van der Waals surface area contributed by atoms with Gasteiger partial charge in [0.15, 0.2) is 8.32 Å². The van der Waals surface area contributed by atoms with E-state index in [0.29, 0.717) is 5.56 Å². The Morgan fingerprint density at radius 1 is 1.14 bits per heavy atom. The van der Waals surface area contributed by atoms with Gasteiger partial charge in [0.25, 0.3) is 0 Å². The second kappa shape index (κ2) is 10.2. The molecule has 0 bridgehead atoms. The number of halogens is 5. The van der Waals surface area contributed by atoms with Gasteiger partial charge in [-0.05, 0) is 78.1 Å². The minimum absolute atomic E-state index is 0.0233. The van der Waals surface area contributed by atoms with Gasteiger partial charge in [0.05, 0.1) is 15.6 Å². The van der Waals surface area contributed by atoms with E-state index in [0.717, 1.165) is 53.1 Å². The number of fused-ring (bicyclic) bond motifs is 1. The van der Waals surface area contributed by atoms with E-state index < -0.39 is 25.9 Å². The van der Waals surface area contributed by atoms with Crippen LogP contribution in [0.25, 0.3) is 0 Å². The molecule has 0 saturated heterocycles. The number of rotatable bonds is 5. The minimum Gasteiger partial charge on any atom is -0.410 e. The Morgan fingerprint density at radius 2 is 1.73 bits per heavy atom. The molecule has 2 aromatic rings. The number of hydrogen-bond donors (Lipinski definition) is 0. The van der Waals surface area contributed by atoms with Crippen LogP contribution in [-0.4, -0.2) is 13.3 Å². The molecule has 37 heavy (non-hydrogen) atoms. The quantitative estimate of drug-likeness (QED) is 0.139. The third-order valence-electron chi connectivity index (χ3n) is 7.99. The minimum atomic E-state index is -4.73. The van der Waals surface area contributed by atoms with Crippen molar-refractivity contribution in [2.45, 2.75) is 108 Å². The van der Waals surface area contributed by atoms with Gasteiger partial charge in [0.2, 0.25) is 0 Å². The first kappa shape index (κ1) is 30.5. The summed E-state index contributed by atoms with van der Waals surface area (Å²) in [5, 5.41) is 0.0420. The third kappa shape index (κ3) is 6.26. The summed E-state index contributed by atoms with van der Waals surface area (Å²) in [4.78, 5) is 5.19. The molecule has 1 aromatic carbocycles. The molecule has 0 amide bonds. The molecule has 2 nitrogen and oxygen atoms in total. The zero-order valence-electron chi connectivity index (χ0n) is 23.6. The Hall–Kier alpha value is -1.00. The number of hydrogen-bond acceptors (Lipinski definition) is 2. The van der Waals surface area contributed by atoms with Crippen molar-refractivity contribution in [1.29, 1.82) is 0 Å². The monoisotopic (exact) mass is 649 g/mol. The smallest absolute Gasteiger partial charge is 0.410 e. The molecule has 0 radical (unpaired) electrons. The highest BCUT2D eigenvalue weighted by atomic mass is 127. The first-order chi connectivity index (χ1) is 16.7. The van der Waals surface area contributed by atoms with Gasteiger partial charge in [-0.2, -0.15) is 13.2 Å². The molecule has 2 atom stereocenters. The SMILES string of the molecule is Cc1c2c(nc(C(C)C)c1[C@@H](I)c1ccc(C(F)(F)F)c(F)c1)CC(C)(C)CC2O[Si](C)(C)C(C)(C)C. The number of aromatic nitrogens is 1. The number of nitrogens with zero attached hydrogens (tertiary/aromatic N) is 1. The van der Waals surface area contributed by atoms with Crippen molar-refractivity contribution in [3.05, 3.63) is 63.2 Å². The van der Waals surface area contributed by atoms with Gasteiger partial charge in [-0.25, -0.2) is 4.39 Å². The summed E-state index contributed by atoms with van der Waals surface area (Å²) >= 11 is 2.22. The van der Waals surface area contributed by atoms with Crippen molar-refractivity contribution in [3.8, 4) is 0 Å². The van der Waals surface area contributed by atoms with Crippen LogP contribution in [-0.2, 0) is 17.0 Å². The van der Waals surface area contributed by atoms with E-state index in [1.54, 1.807) is 0 Å². The van der Waals surface area contributed by atoms with Crippen LogP contribution in [0.5, 0.6) is 0 Å². The van der Waals surface area contributed by atoms with Crippen molar-refractivity contribution in [3.63, 3.8) is 0 Å². The van der Waals surface area contributed by atoms with E-state index >= 15 is 0 Å². The normalized spacial score (nSPS) is 19.2. The van der Waals surface area contributed by atoms with Gasteiger partial charge in [-0.3, -0.25) is 4.98 Å². The molecule has 1 heterocycles. The van der Waals surface area contributed by atoms with E-state index in [9.17, 15) is 17.6 Å². The highest BCUT2D eigenvalue weighted by Gasteiger charge is 2.44. The third-order valence-corrected chi connectivity index (χ3v) is 13.8. The first-order valence-corrected chi connectivity index (χ1v) is 17.0. The van der Waals surface area contributed by atoms with Crippen LogP contribution < -0.4 is 0 Å². The Kier molecular flexibility index (Phi) is 8.41. The van der Waals surface area contributed by atoms with Crippen LogP contribution in [0, 0.1) is 18.2 Å². The van der Waals surface area contributed by atoms with Crippen molar-refractivity contribution in [1.82, 2.24) is 4.98 Å². The Balaban J connectivity index is 2.21. The summed E-state index contributed by atoms with van der Waals surface area (Å²) in [6, 6.07) is 3.26. The zero-order chi connectivity index (χ0) is 28.3. The molecule has 0 spiro atoms. The van der Waals surface area contributed by atoms with Gasteiger partial charge < -0.3 is 4.43 Å². The Morgan fingerprint density at radius 3 is 2.22 bits per heavy atom. The molecule has 0 N–H and O–H groups in total. The van der Waals surface area contributed by atoms with Gasteiger partial charge >= 0.3 is 6.18 Å². The van der Waals surface area contributed by atoms with Crippen LogP contribution in [0.3, 0.4) is 0 Å². The second-order valence-corrected chi connectivity index (χ2v) is 19.1. The second-order valence-electron chi connectivity index (χ2n) is 13.1. The van der Waals surface area contributed by atoms with Crippen molar-refractivity contribution in [2.75, 3.05) is 0 Å². The molecule has 1 unspecified atom stereocenters. The van der Waals surface area contributed by atoms with Crippen molar-refractivity contribution in [2.24, 2.45) is 5.41 Å². The van der Waals surface area contributed by atoms with Crippen molar-refractivity contribution >= 4 is 30.9 Å². The van der Waals surface area contributed by atoms with Gasteiger partial charge in [0, 0.05) is 17.0 Å². The topological polar surface area (TPSA) is 22.1 Å². The Labute approximate surface area is 234 Å². The summed E-state index contributed by atoms with van der Waals surface area (Å²) in [5.74, 6) is -1.15. The molecule has 0 saturated carbocycles. The van der Waals surface area contributed by atoms with Gasteiger partial charge in [-0.15, -0.1) is 0 Å². The molecule has 1 aliphatic carbocycles. The van der Waals surface area contributed by atoms with E-state index in [2.05, 4.69) is 91.1 Å². The largest absolute Gasteiger partial charge is 0.419 e. The van der Waals surface area contributed by atoms with E-state index in [1.807, 2.05) is 0 Å². The lowest BCUT2D eigenvalue weighted by Crippen LogP contribution is -2.44. The number of pyridine rings is 1. The summed E-state index contributed by atoms with van der Waals surface area (Å²) in [6.45, 7) is 21.9. The molecule has 0 fully saturated rings. The molecule has 206 valence electrons. The molecular weight excluding hydrogens is 609 g/mol. The maximum absolute atomic E-state index is 14.5. The predicted octanol–water partition coefficient (Wildman–Crippen LogP) is 10.2. The van der Waals surface area contributed by atoms with Crippen molar-refractivity contribution < 1.29 is 22.0 Å². The zero-order valence-corrected chi connectivity index (χ0v) is 26.8. The maximum atomic E-state index is 14.5. The van der Waals surface area contributed by atoms with Crippen LogP contribution in [0.15, 0.2) is 18.2 Å². The van der Waals surface area contributed by atoms with Gasteiger partial charge in [-0.1, -0.05) is 77.1 Å². The average Bonchev–Trinajstić information content (AvgIpc) is 2.69. The predicted molar refractivity (Wildman–Crippen MR) is 153 cm³/mol. The first-order valence-electron chi connectivity index (χ1n) is 12.9. The molecule has 8 heteroatoms. The summed E-state index contributed by atoms with van der Waals surface area (Å²) in [7, 11) is -2.11. The molecule has 1 aromatic heterocycles. The average molecular weight is 650 g/mol. The lowest BCUT2D eigenvalue weighted by molar-refractivity contribution is -0.140. The molecule has 0 aliphatic heterocycles. The summed E-state index contributed by atoms with van der Waals surface area (Å²) in [6.07, 6.45) is -3.13. The standard InChI is InChI=1S/C29H40F4INOSi/c1-16(2)26-24(25(34)18-11-12-19(20(30)13-18)29(31,32)33)17(3)23-21(35-26)14-28(7,8)15-22(23)36-37(9,10)27(4,5)6/h11-13,16,22,25H,14-15H2,1-10H3/t22?,25-/m0/s1.